The molecule has 6 heteroatoms. The van der Waals surface area contributed by atoms with Gasteiger partial charge in [-0.15, -0.1) is 0 Å². The summed E-state index contributed by atoms with van der Waals surface area (Å²) in [5, 5.41) is 0.212. The SMILES string of the molecule is Clc1nc(N2CCCC2)nc(N(c2ccccc2)c2ccccc2)n1. The highest BCUT2D eigenvalue weighted by atomic mass is 35.5. The Hall–Kier alpha value is -2.66. The Morgan fingerprint density at radius 3 is 1.88 bits per heavy atom. The summed E-state index contributed by atoms with van der Waals surface area (Å²) in [6.45, 7) is 1.91. The van der Waals surface area contributed by atoms with E-state index >= 15 is 0 Å². The maximum Gasteiger partial charge on any atom is 0.240 e. The zero-order chi connectivity index (χ0) is 17.1. The standard InChI is InChI=1S/C19H18ClN5/c20-17-21-18(24-13-7-8-14-24)23-19(22-17)25(15-9-3-1-4-10-15)16-11-5-2-6-12-16/h1-6,9-12H,7-8,13-14H2. The molecule has 0 spiro atoms. The third-order valence-electron chi connectivity index (χ3n) is 4.20. The van der Waals surface area contributed by atoms with Gasteiger partial charge in [-0.2, -0.15) is 15.0 Å². The number of anilines is 4. The van der Waals surface area contributed by atoms with E-state index in [2.05, 4.69) is 14.9 Å². The molecule has 1 fully saturated rings. The smallest absolute Gasteiger partial charge is 0.240 e. The van der Waals surface area contributed by atoms with E-state index < -0.39 is 0 Å². The van der Waals surface area contributed by atoms with Crippen molar-refractivity contribution in [1.82, 2.24) is 15.0 Å². The van der Waals surface area contributed by atoms with E-state index in [-0.39, 0.29) is 5.28 Å². The summed E-state index contributed by atoms with van der Waals surface area (Å²) >= 11 is 6.23. The van der Waals surface area contributed by atoms with Crippen molar-refractivity contribution in [2.45, 2.75) is 12.8 Å². The second kappa shape index (κ2) is 7.07. The number of nitrogens with zero attached hydrogens (tertiary/aromatic N) is 5. The third-order valence-corrected chi connectivity index (χ3v) is 4.37. The number of aromatic nitrogens is 3. The van der Waals surface area contributed by atoms with Gasteiger partial charge >= 0.3 is 0 Å². The van der Waals surface area contributed by atoms with Crippen LogP contribution in [-0.4, -0.2) is 28.0 Å². The summed E-state index contributed by atoms with van der Waals surface area (Å²) in [4.78, 5) is 17.6. The molecule has 5 nitrogen and oxygen atoms in total. The molecule has 1 aliphatic rings. The zero-order valence-electron chi connectivity index (χ0n) is 13.7. The van der Waals surface area contributed by atoms with Gasteiger partial charge in [-0.25, -0.2) is 0 Å². The summed E-state index contributed by atoms with van der Waals surface area (Å²) in [7, 11) is 0. The lowest BCUT2D eigenvalue weighted by Crippen LogP contribution is -2.23. The van der Waals surface area contributed by atoms with Crippen molar-refractivity contribution in [3.63, 3.8) is 0 Å². The Balaban J connectivity index is 1.82. The van der Waals surface area contributed by atoms with Crippen LogP contribution in [0.4, 0.5) is 23.3 Å². The van der Waals surface area contributed by atoms with Crippen LogP contribution in [0.2, 0.25) is 5.28 Å². The van der Waals surface area contributed by atoms with Gasteiger partial charge in [0.15, 0.2) is 0 Å². The minimum Gasteiger partial charge on any atom is -0.341 e. The second-order valence-corrected chi connectivity index (χ2v) is 6.24. The molecule has 126 valence electrons. The van der Waals surface area contributed by atoms with Crippen molar-refractivity contribution >= 4 is 34.9 Å². The summed E-state index contributed by atoms with van der Waals surface area (Å²) < 4.78 is 0. The quantitative estimate of drug-likeness (QED) is 0.687. The minimum atomic E-state index is 0.212. The Morgan fingerprint density at radius 2 is 1.32 bits per heavy atom. The van der Waals surface area contributed by atoms with Crippen LogP contribution in [0.15, 0.2) is 60.7 Å². The Bertz CT molecular complexity index is 795. The van der Waals surface area contributed by atoms with Gasteiger partial charge in [0.2, 0.25) is 17.2 Å². The van der Waals surface area contributed by atoms with Gasteiger partial charge in [-0.05, 0) is 48.7 Å². The van der Waals surface area contributed by atoms with Crippen LogP contribution < -0.4 is 9.80 Å². The predicted octanol–water partition coefficient (Wildman–Crippen LogP) is 4.60. The average Bonchev–Trinajstić information content (AvgIpc) is 3.18. The van der Waals surface area contributed by atoms with Crippen LogP contribution in [-0.2, 0) is 0 Å². The molecule has 0 N–H and O–H groups in total. The summed E-state index contributed by atoms with van der Waals surface area (Å²) in [5.41, 5.74) is 1.95. The van der Waals surface area contributed by atoms with Crippen LogP contribution in [0, 0.1) is 0 Å². The van der Waals surface area contributed by atoms with Crippen molar-refractivity contribution in [1.29, 1.82) is 0 Å². The van der Waals surface area contributed by atoms with Crippen LogP contribution in [0.25, 0.3) is 0 Å². The van der Waals surface area contributed by atoms with Gasteiger partial charge in [0.05, 0.1) is 0 Å². The third kappa shape index (κ3) is 3.42. The molecule has 2 aromatic carbocycles. The Kier molecular flexibility index (Phi) is 4.48. The largest absolute Gasteiger partial charge is 0.341 e. The lowest BCUT2D eigenvalue weighted by atomic mass is 10.2. The topological polar surface area (TPSA) is 45.2 Å². The first-order valence-electron chi connectivity index (χ1n) is 8.38. The highest BCUT2D eigenvalue weighted by molar-refractivity contribution is 6.28. The first kappa shape index (κ1) is 15.8. The van der Waals surface area contributed by atoms with Crippen LogP contribution >= 0.6 is 11.6 Å². The second-order valence-electron chi connectivity index (χ2n) is 5.91. The molecule has 0 unspecified atom stereocenters. The molecule has 25 heavy (non-hydrogen) atoms. The summed E-state index contributed by atoms with van der Waals surface area (Å²) in [6, 6.07) is 20.1. The average molecular weight is 352 g/mol. The lowest BCUT2D eigenvalue weighted by Gasteiger charge is -2.24. The normalized spacial score (nSPS) is 13.9. The highest BCUT2D eigenvalue weighted by Gasteiger charge is 2.21. The molecule has 4 rings (SSSR count). The molecular formula is C19H18ClN5. The lowest BCUT2D eigenvalue weighted by molar-refractivity contribution is 0.875. The van der Waals surface area contributed by atoms with Gasteiger partial charge in [-0.1, -0.05) is 36.4 Å². The fraction of sp³-hybridized carbons (Fsp3) is 0.211. The molecule has 0 bridgehead atoms. The molecule has 0 aliphatic carbocycles. The monoisotopic (exact) mass is 351 g/mol. The van der Waals surface area contributed by atoms with E-state index in [0.717, 1.165) is 37.3 Å². The summed E-state index contributed by atoms with van der Waals surface area (Å²) in [5.74, 6) is 1.17. The number of rotatable bonds is 4. The molecule has 1 aliphatic heterocycles. The molecule has 2 heterocycles. The fourth-order valence-electron chi connectivity index (χ4n) is 3.02. The van der Waals surface area contributed by atoms with Crippen molar-refractivity contribution in [3.05, 3.63) is 65.9 Å². The minimum absolute atomic E-state index is 0.212. The summed E-state index contributed by atoms with van der Waals surface area (Å²) in [6.07, 6.45) is 2.31. The fourth-order valence-corrected chi connectivity index (χ4v) is 3.17. The van der Waals surface area contributed by atoms with Crippen LogP contribution in [0.3, 0.4) is 0 Å². The molecule has 1 aromatic heterocycles. The number of benzene rings is 2. The predicted molar refractivity (Wildman–Crippen MR) is 101 cm³/mol. The van der Waals surface area contributed by atoms with Crippen molar-refractivity contribution < 1.29 is 0 Å². The van der Waals surface area contributed by atoms with E-state index in [1.807, 2.05) is 65.6 Å². The zero-order valence-corrected chi connectivity index (χ0v) is 14.5. The van der Waals surface area contributed by atoms with Gasteiger partial charge in [0.1, 0.15) is 0 Å². The van der Waals surface area contributed by atoms with Gasteiger partial charge in [0, 0.05) is 24.5 Å². The Morgan fingerprint density at radius 1 is 0.760 bits per heavy atom. The van der Waals surface area contributed by atoms with Gasteiger partial charge in [-0.3, -0.25) is 4.90 Å². The maximum atomic E-state index is 6.23. The number of para-hydroxylation sites is 2. The first-order valence-corrected chi connectivity index (χ1v) is 8.76. The van der Waals surface area contributed by atoms with Crippen LogP contribution in [0.1, 0.15) is 12.8 Å². The molecular weight excluding hydrogens is 334 g/mol. The number of hydrogen-bond donors (Lipinski definition) is 0. The molecule has 3 aromatic rings. The van der Waals surface area contributed by atoms with Gasteiger partial charge in [0.25, 0.3) is 0 Å². The van der Waals surface area contributed by atoms with Crippen LogP contribution in [0.5, 0.6) is 0 Å². The number of hydrogen-bond acceptors (Lipinski definition) is 5. The first-order chi connectivity index (χ1) is 12.3. The van der Waals surface area contributed by atoms with E-state index in [1.165, 1.54) is 0 Å². The molecule has 0 amide bonds. The van der Waals surface area contributed by atoms with E-state index in [4.69, 9.17) is 16.6 Å². The van der Waals surface area contributed by atoms with Crippen molar-refractivity contribution in [3.8, 4) is 0 Å². The van der Waals surface area contributed by atoms with E-state index in [0.29, 0.717) is 11.9 Å². The number of halogens is 1. The molecule has 1 saturated heterocycles. The van der Waals surface area contributed by atoms with Crippen molar-refractivity contribution in [2.75, 3.05) is 22.9 Å². The van der Waals surface area contributed by atoms with E-state index in [9.17, 15) is 0 Å². The molecule has 0 atom stereocenters. The van der Waals surface area contributed by atoms with Crippen molar-refractivity contribution in [2.24, 2.45) is 0 Å². The maximum absolute atomic E-state index is 6.23. The molecule has 0 radical (unpaired) electrons. The highest BCUT2D eigenvalue weighted by Crippen LogP contribution is 2.33. The van der Waals surface area contributed by atoms with E-state index in [1.54, 1.807) is 0 Å². The Labute approximate surface area is 151 Å². The van der Waals surface area contributed by atoms with Gasteiger partial charge < -0.3 is 4.90 Å². The molecule has 0 saturated carbocycles.